The number of hydrogen-bond donors (Lipinski definition) is 0. The van der Waals surface area contributed by atoms with E-state index in [1.807, 2.05) is 6.07 Å². The molecule has 0 atom stereocenters. The van der Waals surface area contributed by atoms with E-state index in [1.54, 1.807) is 32.4 Å². The summed E-state index contributed by atoms with van der Waals surface area (Å²) in [5.74, 6) is 0.316. The zero-order chi connectivity index (χ0) is 21.1. The Labute approximate surface area is 182 Å². The van der Waals surface area contributed by atoms with Crippen LogP contribution < -0.4 is 14.4 Å². The van der Waals surface area contributed by atoms with Crippen LogP contribution in [0.3, 0.4) is 0 Å². The molecule has 0 aromatic heterocycles. The van der Waals surface area contributed by atoms with Crippen LogP contribution in [0.4, 0.5) is 10.1 Å². The first-order valence-corrected chi connectivity index (χ1v) is 10.1. The molecule has 1 heterocycles. The van der Waals surface area contributed by atoms with Crippen LogP contribution in [0.25, 0.3) is 6.08 Å². The molecule has 0 spiro atoms. The molecular weight excluding hydrogens is 433 g/mol. The van der Waals surface area contributed by atoms with Gasteiger partial charge in [0, 0.05) is 5.56 Å². The number of hydrogen-bond acceptors (Lipinski definition) is 5. The minimum absolute atomic E-state index is 0.0745. The number of thioether (sulfide) groups is 1. The molecular formula is C21H17ClFNO3S2. The lowest BCUT2D eigenvalue weighted by Crippen LogP contribution is -2.27. The van der Waals surface area contributed by atoms with Crippen molar-refractivity contribution in [2.75, 3.05) is 19.1 Å². The van der Waals surface area contributed by atoms with Gasteiger partial charge in [-0.15, -0.1) is 6.58 Å². The Balaban J connectivity index is 2.00. The van der Waals surface area contributed by atoms with E-state index in [2.05, 4.69) is 6.58 Å². The number of allylic oxidation sites excluding steroid dienone is 1. The largest absolute Gasteiger partial charge is 0.493 e. The van der Waals surface area contributed by atoms with Crippen LogP contribution in [0.1, 0.15) is 11.1 Å². The van der Waals surface area contributed by atoms with Crippen molar-refractivity contribution in [3.05, 3.63) is 69.9 Å². The topological polar surface area (TPSA) is 38.8 Å². The second kappa shape index (κ2) is 8.98. The van der Waals surface area contributed by atoms with E-state index in [4.69, 9.17) is 33.3 Å². The lowest BCUT2D eigenvalue weighted by atomic mass is 10.0. The molecule has 0 unspecified atom stereocenters. The zero-order valence-corrected chi connectivity index (χ0v) is 18.1. The molecule has 2 aromatic rings. The number of rotatable bonds is 6. The summed E-state index contributed by atoms with van der Waals surface area (Å²) in [4.78, 5) is 14.7. The summed E-state index contributed by atoms with van der Waals surface area (Å²) in [6.45, 7) is 3.77. The van der Waals surface area contributed by atoms with Crippen LogP contribution in [0.15, 0.2) is 47.9 Å². The van der Waals surface area contributed by atoms with E-state index in [0.29, 0.717) is 32.8 Å². The third-order valence-electron chi connectivity index (χ3n) is 4.20. The molecule has 1 fully saturated rings. The number of halogens is 2. The summed E-state index contributed by atoms with van der Waals surface area (Å²) in [5.41, 5.74) is 2.06. The summed E-state index contributed by atoms with van der Waals surface area (Å²) in [6, 6.07) is 7.74. The van der Waals surface area contributed by atoms with Gasteiger partial charge >= 0.3 is 0 Å². The van der Waals surface area contributed by atoms with Gasteiger partial charge in [0.1, 0.15) is 5.82 Å². The smallest absolute Gasteiger partial charge is 0.270 e. The lowest BCUT2D eigenvalue weighted by molar-refractivity contribution is -0.113. The average Bonchev–Trinajstić information content (AvgIpc) is 2.97. The molecule has 0 bridgehead atoms. The Morgan fingerprint density at radius 2 is 2.03 bits per heavy atom. The van der Waals surface area contributed by atoms with Gasteiger partial charge < -0.3 is 9.47 Å². The molecule has 0 N–H and O–H groups in total. The Bertz CT molecular complexity index is 1040. The van der Waals surface area contributed by atoms with Gasteiger partial charge in [-0.05, 0) is 48.4 Å². The van der Waals surface area contributed by atoms with Crippen molar-refractivity contribution >= 4 is 57.6 Å². The number of benzene rings is 2. The number of carbonyl (C=O) groups excluding carboxylic acids is 1. The van der Waals surface area contributed by atoms with Gasteiger partial charge in [0.05, 0.1) is 29.8 Å². The van der Waals surface area contributed by atoms with Crippen molar-refractivity contribution in [3.63, 3.8) is 0 Å². The van der Waals surface area contributed by atoms with Gasteiger partial charge in [-0.2, -0.15) is 0 Å². The fourth-order valence-corrected chi connectivity index (χ4v) is 4.40. The van der Waals surface area contributed by atoms with Gasteiger partial charge in [0.25, 0.3) is 5.91 Å². The summed E-state index contributed by atoms with van der Waals surface area (Å²) in [5, 5.41) is -0.0745. The first-order valence-electron chi connectivity index (χ1n) is 8.48. The number of carbonyl (C=O) groups is 1. The first-order chi connectivity index (χ1) is 13.9. The predicted octanol–water partition coefficient (Wildman–Crippen LogP) is 5.63. The monoisotopic (exact) mass is 449 g/mol. The maximum atomic E-state index is 13.5. The van der Waals surface area contributed by atoms with Crippen molar-refractivity contribution in [2.45, 2.75) is 6.42 Å². The van der Waals surface area contributed by atoms with Crippen LogP contribution in [0.2, 0.25) is 5.02 Å². The zero-order valence-electron chi connectivity index (χ0n) is 15.7. The number of amides is 1. The Hall–Kier alpha value is -2.35. The fourth-order valence-electron chi connectivity index (χ4n) is 2.92. The Morgan fingerprint density at radius 3 is 2.66 bits per heavy atom. The van der Waals surface area contributed by atoms with E-state index >= 15 is 0 Å². The maximum Gasteiger partial charge on any atom is 0.270 e. The highest BCUT2D eigenvalue weighted by molar-refractivity contribution is 8.27. The molecule has 150 valence electrons. The highest BCUT2D eigenvalue weighted by Gasteiger charge is 2.33. The Kier molecular flexibility index (Phi) is 6.62. The predicted molar refractivity (Wildman–Crippen MR) is 121 cm³/mol. The number of nitrogens with zero attached hydrogens (tertiary/aromatic N) is 1. The van der Waals surface area contributed by atoms with Crippen LogP contribution in [0.5, 0.6) is 11.5 Å². The minimum atomic E-state index is -0.559. The van der Waals surface area contributed by atoms with E-state index < -0.39 is 5.82 Å². The van der Waals surface area contributed by atoms with Crippen molar-refractivity contribution in [1.82, 2.24) is 0 Å². The molecule has 2 aromatic carbocycles. The molecule has 1 saturated heterocycles. The van der Waals surface area contributed by atoms with Crippen LogP contribution in [0, 0.1) is 5.82 Å². The molecule has 0 saturated carbocycles. The average molecular weight is 450 g/mol. The standard InChI is InChI=1S/C21H17ClFNO3S2/c1-4-5-13-8-12(9-17(26-2)19(13)27-3)10-18-20(25)24(21(28)29-18)14-6-7-16(23)15(22)11-14/h4,6-11H,1,5H2,2-3H3/b18-10-. The van der Waals surface area contributed by atoms with Crippen molar-refractivity contribution in [1.29, 1.82) is 0 Å². The van der Waals surface area contributed by atoms with Crippen LogP contribution >= 0.6 is 35.6 Å². The molecule has 4 nitrogen and oxygen atoms in total. The van der Waals surface area contributed by atoms with Gasteiger partial charge in [0.15, 0.2) is 15.8 Å². The quantitative estimate of drug-likeness (QED) is 0.324. The van der Waals surface area contributed by atoms with Crippen molar-refractivity contribution in [3.8, 4) is 11.5 Å². The van der Waals surface area contributed by atoms with Crippen LogP contribution in [-0.2, 0) is 11.2 Å². The molecule has 8 heteroatoms. The minimum Gasteiger partial charge on any atom is -0.493 e. The highest BCUT2D eigenvalue weighted by Crippen LogP contribution is 2.39. The highest BCUT2D eigenvalue weighted by atomic mass is 35.5. The van der Waals surface area contributed by atoms with E-state index in [-0.39, 0.29) is 10.9 Å². The number of methoxy groups -OCH3 is 2. The number of ether oxygens (including phenoxy) is 2. The van der Waals surface area contributed by atoms with E-state index in [9.17, 15) is 9.18 Å². The fraction of sp³-hybridized carbons (Fsp3) is 0.143. The van der Waals surface area contributed by atoms with Gasteiger partial charge in [-0.3, -0.25) is 9.69 Å². The summed E-state index contributed by atoms with van der Waals surface area (Å²) >= 11 is 12.4. The van der Waals surface area contributed by atoms with E-state index in [1.165, 1.54) is 23.1 Å². The number of anilines is 1. The molecule has 1 amide bonds. The second-order valence-electron chi connectivity index (χ2n) is 6.02. The second-order valence-corrected chi connectivity index (χ2v) is 8.11. The summed E-state index contributed by atoms with van der Waals surface area (Å²) in [6.07, 6.45) is 4.08. The molecule has 0 aliphatic carbocycles. The third kappa shape index (κ3) is 4.32. The molecule has 1 aliphatic heterocycles. The first kappa shape index (κ1) is 21.4. The molecule has 0 radical (unpaired) electrons. The van der Waals surface area contributed by atoms with Gasteiger partial charge in [-0.25, -0.2) is 4.39 Å². The normalized spacial score (nSPS) is 15.2. The third-order valence-corrected chi connectivity index (χ3v) is 5.79. The SMILES string of the molecule is C=CCc1cc(/C=C2\SC(=S)N(c3ccc(F)c(Cl)c3)C2=O)cc(OC)c1OC. The van der Waals surface area contributed by atoms with E-state index in [0.717, 1.165) is 22.9 Å². The van der Waals surface area contributed by atoms with Crippen molar-refractivity contribution < 1.29 is 18.7 Å². The summed E-state index contributed by atoms with van der Waals surface area (Å²) < 4.78 is 24.7. The summed E-state index contributed by atoms with van der Waals surface area (Å²) in [7, 11) is 3.13. The lowest BCUT2D eigenvalue weighted by Gasteiger charge is -2.15. The molecule has 1 aliphatic rings. The van der Waals surface area contributed by atoms with Crippen LogP contribution in [-0.4, -0.2) is 24.4 Å². The maximum absolute atomic E-state index is 13.5. The Morgan fingerprint density at radius 1 is 1.28 bits per heavy atom. The number of thiocarbonyl (C=S) groups is 1. The molecule has 3 rings (SSSR count). The van der Waals surface area contributed by atoms with Gasteiger partial charge in [-0.1, -0.05) is 41.7 Å². The van der Waals surface area contributed by atoms with Gasteiger partial charge in [0.2, 0.25) is 0 Å². The van der Waals surface area contributed by atoms with Crippen molar-refractivity contribution in [2.24, 2.45) is 0 Å². The molecule has 29 heavy (non-hydrogen) atoms.